The van der Waals surface area contributed by atoms with E-state index in [1.165, 1.54) is 0 Å². The summed E-state index contributed by atoms with van der Waals surface area (Å²) in [7, 11) is 1.66. The Morgan fingerprint density at radius 2 is 1.15 bits per heavy atom. The molecule has 0 aliphatic rings. The van der Waals surface area contributed by atoms with E-state index in [9.17, 15) is 4.79 Å². The van der Waals surface area contributed by atoms with Gasteiger partial charge < -0.3 is 10.1 Å². The Bertz CT molecular complexity index is 1040. The fourth-order valence-electron chi connectivity index (χ4n) is 4.42. The van der Waals surface area contributed by atoms with Crippen LogP contribution in [0.5, 0.6) is 5.75 Å². The van der Waals surface area contributed by atoms with Crippen molar-refractivity contribution in [2.24, 2.45) is 0 Å². The van der Waals surface area contributed by atoms with Crippen LogP contribution in [0.3, 0.4) is 0 Å². The zero-order chi connectivity index (χ0) is 22.9. The lowest BCUT2D eigenvalue weighted by atomic mass is 9.67. The highest BCUT2D eigenvalue weighted by Crippen LogP contribution is 2.42. The Labute approximate surface area is 196 Å². The van der Waals surface area contributed by atoms with Gasteiger partial charge in [0.05, 0.1) is 12.5 Å². The van der Waals surface area contributed by atoms with Gasteiger partial charge in [0.2, 0.25) is 5.91 Å². The molecule has 4 aromatic carbocycles. The van der Waals surface area contributed by atoms with Crippen LogP contribution in [0, 0.1) is 0 Å². The van der Waals surface area contributed by atoms with E-state index in [0.29, 0.717) is 13.0 Å². The van der Waals surface area contributed by atoms with Crippen molar-refractivity contribution in [3.05, 3.63) is 138 Å². The summed E-state index contributed by atoms with van der Waals surface area (Å²) in [5.41, 5.74) is 3.90. The van der Waals surface area contributed by atoms with Gasteiger partial charge in [0, 0.05) is 13.0 Å². The first-order valence-corrected chi connectivity index (χ1v) is 11.3. The van der Waals surface area contributed by atoms with Crippen LogP contribution in [0.2, 0.25) is 0 Å². The predicted octanol–water partition coefficient (Wildman–Crippen LogP) is 5.78. The van der Waals surface area contributed by atoms with Gasteiger partial charge >= 0.3 is 0 Å². The molecule has 0 saturated carbocycles. The van der Waals surface area contributed by atoms with Gasteiger partial charge in [-0.25, -0.2) is 0 Å². The maximum absolute atomic E-state index is 13.3. The van der Waals surface area contributed by atoms with Crippen molar-refractivity contribution in [1.82, 2.24) is 5.32 Å². The number of methoxy groups -OCH3 is 1. The minimum absolute atomic E-state index is 0.0278. The van der Waals surface area contributed by atoms with Crippen LogP contribution < -0.4 is 10.1 Å². The molecule has 1 amide bonds. The van der Waals surface area contributed by atoms with Crippen molar-refractivity contribution < 1.29 is 9.53 Å². The van der Waals surface area contributed by atoms with Crippen LogP contribution in [0.4, 0.5) is 0 Å². The van der Waals surface area contributed by atoms with E-state index in [2.05, 4.69) is 41.7 Å². The summed E-state index contributed by atoms with van der Waals surface area (Å²) in [6.45, 7) is 0.583. The van der Waals surface area contributed by atoms with E-state index >= 15 is 0 Å². The second-order valence-corrected chi connectivity index (χ2v) is 8.13. The fourth-order valence-corrected chi connectivity index (χ4v) is 4.42. The molecule has 4 aromatic rings. The molecule has 0 heterocycles. The van der Waals surface area contributed by atoms with Gasteiger partial charge in [-0.2, -0.15) is 0 Å². The number of rotatable bonds is 9. The lowest BCUT2D eigenvalue weighted by Gasteiger charge is -2.35. The monoisotopic (exact) mass is 435 g/mol. The Kier molecular flexibility index (Phi) is 7.21. The smallest absolute Gasteiger partial charge is 0.221 e. The molecule has 0 unspecified atom stereocenters. The lowest BCUT2D eigenvalue weighted by Crippen LogP contribution is -2.37. The third kappa shape index (κ3) is 5.15. The molecule has 0 spiro atoms. The van der Waals surface area contributed by atoms with E-state index < -0.39 is 5.41 Å². The molecular formula is C30H29NO2. The van der Waals surface area contributed by atoms with Gasteiger partial charge in [0.15, 0.2) is 0 Å². The maximum atomic E-state index is 13.3. The van der Waals surface area contributed by atoms with Gasteiger partial charge in [-0.3, -0.25) is 4.79 Å². The molecule has 0 fully saturated rings. The molecule has 3 heteroatoms. The first-order valence-electron chi connectivity index (χ1n) is 11.3. The number of ether oxygens (including phenoxy) is 1. The van der Waals surface area contributed by atoms with Crippen LogP contribution >= 0.6 is 0 Å². The zero-order valence-electron chi connectivity index (χ0n) is 18.9. The van der Waals surface area contributed by atoms with E-state index in [-0.39, 0.29) is 5.91 Å². The molecule has 0 radical (unpaired) electrons. The van der Waals surface area contributed by atoms with E-state index in [0.717, 1.165) is 34.4 Å². The largest absolute Gasteiger partial charge is 0.497 e. The molecule has 0 aliphatic carbocycles. The highest BCUT2D eigenvalue weighted by Gasteiger charge is 2.38. The SMILES string of the molecule is COc1ccc(CCNC(=O)CC(c2ccccc2)(c2ccccc2)c2ccccc2)cc1. The van der Waals surface area contributed by atoms with Crippen LogP contribution in [0.25, 0.3) is 0 Å². The van der Waals surface area contributed by atoms with Crippen molar-refractivity contribution in [3.63, 3.8) is 0 Å². The number of hydrogen-bond donors (Lipinski definition) is 1. The highest BCUT2D eigenvalue weighted by atomic mass is 16.5. The third-order valence-corrected chi connectivity index (χ3v) is 6.12. The van der Waals surface area contributed by atoms with Crippen LogP contribution in [-0.2, 0) is 16.6 Å². The normalized spacial score (nSPS) is 11.1. The number of nitrogens with one attached hydrogen (secondary N) is 1. The van der Waals surface area contributed by atoms with Crippen molar-refractivity contribution in [2.45, 2.75) is 18.3 Å². The first-order chi connectivity index (χ1) is 16.2. The third-order valence-electron chi connectivity index (χ3n) is 6.12. The standard InChI is InChI=1S/C30H29NO2/c1-33-28-19-17-24(18-20-28)21-22-31-29(32)23-30(25-11-5-2-6-12-25,26-13-7-3-8-14-26)27-15-9-4-10-16-27/h2-20H,21-23H2,1H3,(H,31,32). The number of carbonyl (C=O) groups is 1. The van der Waals surface area contributed by atoms with Gasteiger partial charge in [0.1, 0.15) is 5.75 Å². The molecule has 3 nitrogen and oxygen atoms in total. The zero-order valence-corrected chi connectivity index (χ0v) is 18.9. The summed E-state index contributed by atoms with van der Waals surface area (Å²) in [6, 6.07) is 38.9. The Balaban J connectivity index is 1.61. The molecule has 1 N–H and O–H groups in total. The minimum Gasteiger partial charge on any atom is -0.497 e. The topological polar surface area (TPSA) is 38.3 Å². The quantitative estimate of drug-likeness (QED) is 0.339. The molecule has 166 valence electrons. The second kappa shape index (κ2) is 10.6. The molecule has 0 aromatic heterocycles. The van der Waals surface area contributed by atoms with E-state index in [1.807, 2.05) is 78.9 Å². The molecule has 0 bridgehead atoms. The Morgan fingerprint density at radius 1 is 0.697 bits per heavy atom. The summed E-state index contributed by atoms with van der Waals surface area (Å²) in [6.07, 6.45) is 1.10. The Morgan fingerprint density at radius 3 is 1.58 bits per heavy atom. The van der Waals surface area contributed by atoms with Crippen molar-refractivity contribution in [3.8, 4) is 5.75 Å². The fraction of sp³-hybridized carbons (Fsp3) is 0.167. The highest BCUT2D eigenvalue weighted by molar-refractivity contribution is 5.80. The summed E-state index contributed by atoms with van der Waals surface area (Å²) < 4.78 is 5.22. The van der Waals surface area contributed by atoms with Crippen LogP contribution in [0.15, 0.2) is 115 Å². The summed E-state index contributed by atoms with van der Waals surface area (Å²) in [4.78, 5) is 13.3. The van der Waals surface area contributed by atoms with Crippen molar-refractivity contribution in [1.29, 1.82) is 0 Å². The summed E-state index contributed by atoms with van der Waals surface area (Å²) in [5, 5.41) is 3.15. The Hall–Kier alpha value is -3.85. The average molecular weight is 436 g/mol. The molecule has 33 heavy (non-hydrogen) atoms. The van der Waals surface area contributed by atoms with Gasteiger partial charge in [0.25, 0.3) is 0 Å². The molecule has 0 atom stereocenters. The second-order valence-electron chi connectivity index (χ2n) is 8.13. The minimum atomic E-state index is -0.575. The maximum Gasteiger partial charge on any atom is 0.221 e. The van der Waals surface area contributed by atoms with Crippen LogP contribution in [-0.4, -0.2) is 19.6 Å². The van der Waals surface area contributed by atoms with Crippen molar-refractivity contribution >= 4 is 5.91 Å². The summed E-state index contributed by atoms with van der Waals surface area (Å²) >= 11 is 0. The lowest BCUT2D eigenvalue weighted by molar-refractivity contribution is -0.121. The first kappa shape index (κ1) is 22.3. The molecule has 0 saturated heterocycles. The van der Waals surface area contributed by atoms with E-state index in [4.69, 9.17) is 4.74 Å². The van der Waals surface area contributed by atoms with E-state index in [1.54, 1.807) is 7.11 Å². The molecule has 0 aliphatic heterocycles. The number of amides is 1. The number of hydrogen-bond acceptors (Lipinski definition) is 2. The van der Waals surface area contributed by atoms with Gasteiger partial charge in [-0.05, 0) is 40.8 Å². The predicted molar refractivity (Wildman–Crippen MR) is 134 cm³/mol. The average Bonchev–Trinajstić information content (AvgIpc) is 2.89. The van der Waals surface area contributed by atoms with Gasteiger partial charge in [-0.15, -0.1) is 0 Å². The van der Waals surface area contributed by atoms with Crippen LogP contribution in [0.1, 0.15) is 28.7 Å². The number of benzene rings is 4. The van der Waals surface area contributed by atoms with Crippen molar-refractivity contribution in [2.75, 3.05) is 13.7 Å². The summed E-state index contributed by atoms with van der Waals surface area (Å²) in [5.74, 6) is 0.862. The number of carbonyl (C=O) groups excluding carboxylic acids is 1. The van der Waals surface area contributed by atoms with Gasteiger partial charge in [-0.1, -0.05) is 103 Å². The molecular weight excluding hydrogens is 406 g/mol. The molecule has 4 rings (SSSR count).